The second kappa shape index (κ2) is 8.85. The number of aliphatic hydroxyl groups excluding tert-OH is 1. The fraction of sp³-hybridized carbons (Fsp3) is 0.400. The van der Waals surface area contributed by atoms with Gasteiger partial charge in [-0.15, -0.1) is 0 Å². The molecule has 2 aromatic rings. The zero-order valence-corrected chi connectivity index (χ0v) is 14.5. The molecule has 0 aromatic heterocycles. The Morgan fingerprint density at radius 1 is 1.16 bits per heavy atom. The molecule has 5 nitrogen and oxygen atoms in total. The van der Waals surface area contributed by atoms with Gasteiger partial charge in [-0.1, -0.05) is 30.3 Å². The highest BCUT2D eigenvalue weighted by molar-refractivity contribution is 5.48. The highest BCUT2D eigenvalue weighted by Gasteiger charge is 2.25. The zero-order valence-electron chi connectivity index (χ0n) is 14.5. The Hall–Kier alpha value is -2.08. The largest absolute Gasteiger partial charge is 0.493 e. The number of hydrogen-bond donors (Lipinski definition) is 3. The SMILES string of the molecule is NCc1ccc(N2CCN[C@@H]([C@H](O)CCOc3ccccc3)C2)cc1. The van der Waals surface area contributed by atoms with Gasteiger partial charge in [0.05, 0.1) is 18.8 Å². The molecule has 2 aromatic carbocycles. The third-order valence-electron chi connectivity index (χ3n) is 4.63. The lowest BCUT2D eigenvalue weighted by atomic mass is 10.0. The van der Waals surface area contributed by atoms with Gasteiger partial charge >= 0.3 is 0 Å². The molecule has 4 N–H and O–H groups in total. The second-order valence-corrected chi connectivity index (χ2v) is 6.39. The van der Waals surface area contributed by atoms with Gasteiger partial charge in [-0.3, -0.25) is 0 Å². The molecule has 2 atom stereocenters. The number of benzene rings is 2. The summed E-state index contributed by atoms with van der Waals surface area (Å²) in [5, 5.41) is 13.9. The Bertz CT molecular complexity index is 633. The van der Waals surface area contributed by atoms with Crippen LogP contribution in [0, 0.1) is 0 Å². The van der Waals surface area contributed by atoms with Crippen molar-refractivity contribution < 1.29 is 9.84 Å². The lowest BCUT2D eigenvalue weighted by Gasteiger charge is -2.37. The van der Waals surface area contributed by atoms with Crippen LogP contribution in [0.5, 0.6) is 5.75 Å². The van der Waals surface area contributed by atoms with Crippen LogP contribution in [-0.4, -0.2) is 43.5 Å². The van der Waals surface area contributed by atoms with Gasteiger partial charge in [-0.25, -0.2) is 0 Å². The Morgan fingerprint density at radius 3 is 2.64 bits per heavy atom. The lowest BCUT2D eigenvalue weighted by Crippen LogP contribution is -2.56. The molecular formula is C20H27N3O2. The number of ether oxygens (including phenoxy) is 1. The summed E-state index contributed by atoms with van der Waals surface area (Å²) < 4.78 is 5.69. The van der Waals surface area contributed by atoms with Gasteiger partial charge < -0.3 is 25.8 Å². The topological polar surface area (TPSA) is 70.8 Å². The van der Waals surface area contributed by atoms with Gasteiger partial charge in [0.25, 0.3) is 0 Å². The number of hydrogen-bond acceptors (Lipinski definition) is 5. The van der Waals surface area contributed by atoms with E-state index in [4.69, 9.17) is 10.5 Å². The van der Waals surface area contributed by atoms with E-state index in [2.05, 4.69) is 34.5 Å². The van der Waals surface area contributed by atoms with E-state index in [0.29, 0.717) is 19.6 Å². The minimum absolute atomic E-state index is 0.0438. The molecule has 0 aliphatic carbocycles. The van der Waals surface area contributed by atoms with Gasteiger partial charge in [0.1, 0.15) is 5.75 Å². The fourth-order valence-electron chi connectivity index (χ4n) is 3.13. The van der Waals surface area contributed by atoms with Crippen LogP contribution in [0.2, 0.25) is 0 Å². The van der Waals surface area contributed by atoms with Crippen molar-refractivity contribution in [2.45, 2.75) is 25.1 Å². The number of nitrogens with one attached hydrogen (secondary N) is 1. The molecule has 5 heteroatoms. The summed E-state index contributed by atoms with van der Waals surface area (Å²) in [5.74, 6) is 0.841. The van der Waals surface area contributed by atoms with Crippen molar-refractivity contribution in [3.8, 4) is 5.75 Å². The zero-order chi connectivity index (χ0) is 17.5. The van der Waals surface area contributed by atoms with E-state index in [1.165, 1.54) is 5.69 Å². The van der Waals surface area contributed by atoms with Crippen molar-refractivity contribution in [2.75, 3.05) is 31.1 Å². The number of aliphatic hydroxyl groups is 1. The number of nitrogens with two attached hydrogens (primary N) is 1. The first-order chi connectivity index (χ1) is 12.3. The summed E-state index contributed by atoms with van der Waals surface area (Å²) in [5.41, 5.74) is 7.97. The molecule has 0 saturated carbocycles. The van der Waals surface area contributed by atoms with Crippen molar-refractivity contribution in [1.82, 2.24) is 5.32 Å². The molecule has 0 spiro atoms. The van der Waals surface area contributed by atoms with Crippen molar-refractivity contribution in [3.05, 3.63) is 60.2 Å². The normalized spacial score (nSPS) is 18.8. The Morgan fingerprint density at radius 2 is 1.92 bits per heavy atom. The number of rotatable bonds is 7. The Balaban J connectivity index is 1.49. The van der Waals surface area contributed by atoms with Gasteiger partial charge in [0, 0.05) is 38.3 Å². The van der Waals surface area contributed by atoms with Crippen LogP contribution >= 0.6 is 0 Å². The summed E-state index contributed by atoms with van der Waals surface area (Å²) in [7, 11) is 0. The van der Waals surface area contributed by atoms with E-state index in [1.807, 2.05) is 30.3 Å². The Kier molecular flexibility index (Phi) is 6.28. The molecule has 1 aliphatic heterocycles. The van der Waals surface area contributed by atoms with E-state index in [9.17, 15) is 5.11 Å². The van der Waals surface area contributed by atoms with Crippen LogP contribution in [0.3, 0.4) is 0 Å². The molecule has 1 saturated heterocycles. The third-order valence-corrected chi connectivity index (χ3v) is 4.63. The smallest absolute Gasteiger partial charge is 0.119 e. The molecule has 134 valence electrons. The number of anilines is 1. The summed E-state index contributed by atoms with van der Waals surface area (Å²) in [6.07, 6.45) is 0.168. The first-order valence-electron chi connectivity index (χ1n) is 8.89. The monoisotopic (exact) mass is 341 g/mol. The van der Waals surface area contributed by atoms with Gasteiger partial charge in [-0.2, -0.15) is 0 Å². The standard InChI is InChI=1S/C20H27N3O2/c21-14-16-6-8-17(9-7-16)23-12-11-22-19(15-23)20(24)10-13-25-18-4-2-1-3-5-18/h1-9,19-20,22,24H,10-15,21H2/t19-,20-/m1/s1. The predicted octanol–water partition coefficient (Wildman–Crippen LogP) is 1.75. The first-order valence-corrected chi connectivity index (χ1v) is 8.89. The number of piperazine rings is 1. The number of para-hydroxylation sites is 1. The predicted molar refractivity (Wildman–Crippen MR) is 101 cm³/mol. The molecule has 1 fully saturated rings. The Labute approximate surface area is 149 Å². The fourth-order valence-corrected chi connectivity index (χ4v) is 3.13. The van der Waals surface area contributed by atoms with Crippen LogP contribution in [0.25, 0.3) is 0 Å². The van der Waals surface area contributed by atoms with Crippen LogP contribution in [0.4, 0.5) is 5.69 Å². The lowest BCUT2D eigenvalue weighted by molar-refractivity contribution is 0.0977. The van der Waals surface area contributed by atoms with Gasteiger partial charge in [-0.05, 0) is 29.8 Å². The third kappa shape index (κ3) is 4.95. The molecule has 0 bridgehead atoms. The van der Waals surface area contributed by atoms with Crippen LogP contribution < -0.4 is 20.7 Å². The van der Waals surface area contributed by atoms with Crippen LogP contribution in [0.15, 0.2) is 54.6 Å². The van der Waals surface area contributed by atoms with Gasteiger partial charge in [0.15, 0.2) is 0 Å². The molecule has 1 aliphatic rings. The highest BCUT2D eigenvalue weighted by atomic mass is 16.5. The molecule has 0 unspecified atom stereocenters. The molecule has 0 amide bonds. The van der Waals surface area contributed by atoms with Crippen LogP contribution in [0.1, 0.15) is 12.0 Å². The van der Waals surface area contributed by atoms with Crippen LogP contribution in [-0.2, 0) is 6.54 Å². The van der Waals surface area contributed by atoms with E-state index in [-0.39, 0.29) is 6.04 Å². The summed E-state index contributed by atoms with van der Waals surface area (Å²) in [4.78, 5) is 2.31. The molecule has 3 rings (SSSR count). The summed E-state index contributed by atoms with van der Waals surface area (Å²) in [6, 6.07) is 18.1. The van der Waals surface area contributed by atoms with Crippen molar-refractivity contribution in [2.24, 2.45) is 5.73 Å². The number of nitrogens with zero attached hydrogens (tertiary/aromatic N) is 1. The average Bonchev–Trinajstić information content (AvgIpc) is 2.69. The molecule has 25 heavy (non-hydrogen) atoms. The highest BCUT2D eigenvalue weighted by Crippen LogP contribution is 2.18. The maximum Gasteiger partial charge on any atom is 0.119 e. The summed E-state index contributed by atoms with van der Waals surface area (Å²) >= 11 is 0. The quantitative estimate of drug-likeness (QED) is 0.716. The first kappa shape index (κ1) is 17.7. The van der Waals surface area contributed by atoms with Crippen molar-refractivity contribution in [3.63, 3.8) is 0 Å². The minimum atomic E-state index is -0.435. The molecule has 0 radical (unpaired) electrons. The maximum atomic E-state index is 10.5. The van der Waals surface area contributed by atoms with E-state index in [0.717, 1.165) is 30.9 Å². The van der Waals surface area contributed by atoms with Crippen molar-refractivity contribution >= 4 is 5.69 Å². The average molecular weight is 341 g/mol. The van der Waals surface area contributed by atoms with Gasteiger partial charge in [0.2, 0.25) is 0 Å². The van der Waals surface area contributed by atoms with E-state index in [1.54, 1.807) is 0 Å². The van der Waals surface area contributed by atoms with E-state index < -0.39 is 6.10 Å². The second-order valence-electron chi connectivity index (χ2n) is 6.39. The van der Waals surface area contributed by atoms with Crippen molar-refractivity contribution in [1.29, 1.82) is 0 Å². The maximum absolute atomic E-state index is 10.5. The van der Waals surface area contributed by atoms with E-state index >= 15 is 0 Å². The molecule has 1 heterocycles. The summed E-state index contributed by atoms with van der Waals surface area (Å²) in [6.45, 7) is 3.65. The molecular weight excluding hydrogens is 314 g/mol. The minimum Gasteiger partial charge on any atom is -0.493 e.